The van der Waals surface area contributed by atoms with E-state index in [9.17, 15) is 4.79 Å². The molecule has 0 unspecified atom stereocenters. The van der Waals surface area contributed by atoms with Crippen LogP contribution < -0.4 is 20.5 Å². The molecule has 7 heteroatoms. The molecule has 0 radical (unpaired) electrons. The van der Waals surface area contributed by atoms with E-state index < -0.39 is 0 Å². The number of rotatable bonds is 3. The molecule has 3 rings (SSSR count). The molecular formula is C14H14N4O3. The quantitative estimate of drug-likeness (QED) is 0.891. The molecule has 1 aromatic heterocycles. The highest BCUT2D eigenvalue weighted by Gasteiger charge is 2.16. The molecule has 3 N–H and O–H groups in total. The first-order valence-electron chi connectivity index (χ1n) is 6.42. The van der Waals surface area contributed by atoms with Crippen molar-refractivity contribution in [2.75, 3.05) is 18.2 Å². The molecule has 7 nitrogen and oxygen atoms in total. The third-order valence-electron chi connectivity index (χ3n) is 3.19. The Kier molecular flexibility index (Phi) is 3.31. The molecule has 0 aliphatic carbocycles. The summed E-state index contributed by atoms with van der Waals surface area (Å²) in [5, 5.41) is 2.82. The number of aromatic nitrogens is 2. The number of aryl methyl sites for hydroxylation is 1. The van der Waals surface area contributed by atoms with Gasteiger partial charge in [0.05, 0.1) is 7.11 Å². The summed E-state index contributed by atoms with van der Waals surface area (Å²) in [6.07, 6.45) is 2.48. The summed E-state index contributed by atoms with van der Waals surface area (Å²) in [7, 11) is 1.48. The molecule has 2 heterocycles. The standard InChI is InChI=1S/C14H14N4O3/c1-20-13-12(15)14(17-7-16-13)21-9-3-4-10-8(6-9)2-5-11(19)18-10/h3-4,6-7H,2,5,15H2,1H3,(H,18,19). The Bertz CT molecular complexity index is 703. The SMILES string of the molecule is COc1ncnc(Oc2ccc3c(c2)CCC(=O)N3)c1N. The maximum absolute atomic E-state index is 11.3. The molecule has 1 aromatic carbocycles. The fourth-order valence-corrected chi connectivity index (χ4v) is 2.14. The van der Waals surface area contributed by atoms with Gasteiger partial charge >= 0.3 is 0 Å². The van der Waals surface area contributed by atoms with Gasteiger partial charge in [0.15, 0.2) is 5.69 Å². The van der Waals surface area contributed by atoms with Crippen LogP contribution in [0.1, 0.15) is 12.0 Å². The van der Waals surface area contributed by atoms with Gasteiger partial charge in [0, 0.05) is 12.1 Å². The van der Waals surface area contributed by atoms with Crippen LogP contribution in [-0.4, -0.2) is 23.0 Å². The number of nitrogens with two attached hydrogens (primary N) is 1. The minimum Gasteiger partial charge on any atom is -0.479 e. The summed E-state index contributed by atoms with van der Waals surface area (Å²) in [5.74, 6) is 1.13. The number of methoxy groups -OCH3 is 1. The molecule has 2 aromatic rings. The van der Waals surface area contributed by atoms with Gasteiger partial charge in [0.1, 0.15) is 12.1 Å². The molecule has 0 fully saturated rings. The molecule has 1 aliphatic rings. The first-order chi connectivity index (χ1) is 10.2. The van der Waals surface area contributed by atoms with Crippen LogP contribution in [0.15, 0.2) is 24.5 Å². The normalized spacial score (nSPS) is 13.3. The molecule has 0 atom stereocenters. The average Bonchev–Trinajstić information content (AvgIpc) is 2.49. The number of carbonyl (C=O) groups is 1. The minimum absolute atomic E-state index is 0.0287. The van der Waals surface area contributed by atoms with Gasteiger partial charge in [-0.05, 0) is 30.2 Å². The van der Waals surface area contributed by atoms with Crippen molar-refractivity contribution in [3.05, 3.63) is 30.1 Å². The number of hydrogen-bond donors (Lipinski definition) is 2. The number of benzene rings is 1. The topological polar surface area (TPSA) is 99.4 Å². The number of ether oxygens (including phenoxy) is 2. The van der Waals surface area contributed by atoms with Gasteiger partial charge < -0.3 is 20.5 Å². The molecule has 0 saturated carbocycles. The van der Waals surface area contributed by atoms with Crippen LogP contribution in [0, 0.1) is 0 Å². The highest BCUT2D eigenvalue weighted by Crippen LogP contribution is 2.33. The van der Waals surface area contributed by atoms with Gasteiger partial charge in [-0.15, -0.1) is 0 Å². The zero-order chi connectivity index (χ0) is 14.8. The van der Waals surface area contributed by atoms with Crippen LogP contribution in [-0.2, 0) is 11.2 Å². The first kappa shape index (κ1) is 13.2. The number of amides is 1. The fourth-order valence-electron chi connectivity index (χ4n) is 2.14. The number of anilines is 2. The lowest BCUT2D eigenvalue weighted by Crippen LogP contribution is -2.18. The van der Waals surface area contributed by atoms with E-state index in [2.05, 4.69) is 15.3 Å². The summed E-state index contributed by atoms with van der Waals surface area (Å²) in [6, 6.07) is 5.41. The summed E-state index contributed by atoms with van der Waals surface area (Å²) >= 11 is 0. The average molecular weight is 286 g/mol. The highest BCUT2D eigenvalue weighted by atomic mass is 16.5. The van der Waals surface area contributed by atoms with Crippen molar-refractivity contribution in [3.8, 4) is 17.5 Å². The lowest BCUT2D eigenvalue weighted by molar-refractivity contribution is -0.116. The third kappa shape index (κ3) is 2.58. The Morgan fingerprint density at radius 2 is 2.05 bits per heavy atom. The van der Waals surface area contributed by atoms with E-state index in [-0.39, 0.29) is 23.4 Å². The second-order valence-corrected chi connectivity index (χ2v) is 4.57. The number of nitrogens with one attached hydrogen (secondary N) is 1. The summed E-state index contributed by atoms with van der Waals surface area (Å²) in [5.41, 5.74) is 7.94. The number of hydrogen-bond acceptors (Lipinski definition) is 6. The lowest BCUT2D eigenvalue weighted by atomic mass is 10.0. The van der Waals surface area contributed by atoms with E-state index >= 15 is 0 Å². The van der Waals surface area contributed by atoms with E-state index in [1.807, 2.05) is 6.07 Å². The van der Waals surface area contributed by atoms with Gasteiger partial charge in [-0.2, -0.15) is 9.97 Å². The van der Waals surface area contributed by atoms with E-state index in [0.29, 0.717) is 18.6 Å². The summed E-state index contributed by atoms with van der Waals surface area (Å²) in [4.78, 5) is 19.2. The van der Waals surface area contributed by atoms with Crippen molar-refractivity contribution in [1.29, 1.82) is 0 Å². The van der Waals surface area contributed by atoms with Crippen molar-refractivity contribution in [3.63, 3.8) is 0 Å². The van der Waals surface area contributed by atoms with Crippen molar-refractivity contribution >= 4 is 17.3 Å². The van der Waals surface area contributed by atoms with E-state index in [4.69, 9.17) is 15.2 Å². The van der Waals surface area contributed by atoms with Crippen molar-refractivity contribution < 1.29 is 14.3 Å². The van der Waals surface area contributed by atoms with Crippen LogP contribution >= 0.6 is 0 Å². The minimum atomic E-state index is 0.0287. The van der Waals surface area contributed by atoms with Crippen LogP contribution in [0.3, 0.4) is 0 Å². The Morgan fingerprint density at radius 3 is 2.86 bits per heavy atom. The summed E-state index contributed by atoms with van der Waals surface area (Å²) < 4.78 is 10.7. The molecule has 0 spiro atoms. The molecule has 21 heavy (non-hydrogen) atoms. The molecule has 0 bridgehead atoms. The van der Waals surface area contributed by atoms with Crippen LogP contribution in [0.2, 0.25) is 0 Å². The van der Waals surface area contributed by atoms with E-state index in [1.54, 1.807) is 12.1 Å². The molecule has 0 saturated heterocycles. The van der Waals surface area contributed by atoms with Crippen LogP contribution in [0.5, 0.6) is 17.5 Å². The van der Waals surface area contributed by atoms with Crippen molar-refractivity contribution in [2.24, 2.45) is 0 Å². The second kappa shape index (κ2) is 5.28. The Balaban J connectivity index is 1.87. The van der Waals surface area contributed by atoms with E-state index in [1.165, 1.54) is 13.4 Å². The van der Waals surface area contributed by atoms with Crippen LogP contribution in [0.25, 0.3) is 0 Å². The Morgan fingerprint density at radius 1 is 1.24 bits per heavy atom. The monoisotopic (exact) mass is 286 g/mol. The smallest absolute Gasteiger partial charge is 0.249 e. The van der Waals surface area contributed by atoms with Crippen LogP contribution in [0.4, 0.5) is 11.4 Å². The molecule has 108 valence electrons. The third-order valence-corrected chi connectivity index (χ3v) is 3.19. The second-order valence-electron chi connectivity index (χ2n) is 4.57. The molecule has 1 aliphatic heterocycles. The predicted octanol–water partition coefficient (Wildman–Crippen LogP) is 1.74. The largest absolute Gasteiger partial charge is 0.479 e. The maximum atomic E-state index is 11.3. The number of fused-ring (bicyclic) bond motifs is 1. The van der Waals surface area contributed by atoms with Gasteiger partial charge in [0.25, 0.3) is 0 Å². The maximum Gasteiger partial charge on any atom is 0.249 e. The first-order valence-corrected chi connectivity index (χ1v) is 6.42. The van der Waals surface area contributed by atoms with Gasteiger partial charge in [-0.3, -0.25) is 4.79 Å². The number of nitrogens with zero attached hydrogens (tertiary/aromatic N) is 2. The fraction of sp³-hybridized carbons (Fsp3) is 0.214. The molecule has 1 amide bonds. The van der Waals surface area contributed by atoms with Crippen molar-refractivity contribution in [1.82, 2.24) is 9.97 Å². The van der Waals surface area contributed by atoms with Gasteiger partial charge in [-0.25, -0.2) is 0 Å². The predicted molar refractivity (Wildman–Crippen MR) is 76.5 cm³/mol. The zero-order valence-electron chi connectivity index (χ0n) is 11.4. The summed E-state index contributed by atoms with van der Waals surface area (Å²) in [6.45, 7) is 0. The van der Waals surface area contributed by atoms with E-state index in [0.717, 1.165) is 11.3 Å². The lowest BCUT2D eigenvalue weighted by Gasteiger charge is -2.17. The number of carbonyl (C=O) groups excluding carboxylic acids is 1. The molecular weight excluding hydrogens is 272 g/mol. The Labute approximate surface area is 121 Å². The zero-order valence-corrected chi connectivity index (χ0v) is 11.4. The Hall–Kier alpha value is -2.83. The van der Waals surface area contributed by atoms with Crippen molar-refractivity contribution in [2.45, 2.75) is 12.8 Å². The van der Waals surface area contributed by atoms with Gasteiger partial charge in [0.2, 0.25) is 17.7 Å². The highest BCUT2D eigenvalue weighted by molar-refractivity contribution is 5.94. The van der Waals surface area contributed by atoms with Gasteiger partial charge in [-0.1, -0.05) is 0 Å². The number of nitrogen functional groups attached to an aromatic ring is 1.